The van der Waals surface area contributed by atoms with Crippen LogP contribution in [0.25, 0.3) is 16.2 Å². The molecule has 0 atom stereocenters. The Morgan fingerprint density at radius 3 is 3.00 bits per heavy atom. The normalized spacial score (nSPS) is 11.2. The van der Waals surface area contributed by atoms with Crippen molar-refractivity contribution in [2.45, 2.75) is 20.0 Å². The minimum atomic E-state index is -0.266. The molecule has 1 N–H and O–H groups in total. The highest BCUT2D eigenvalue weighted by molar-refractivity contribution is 7.13. The van der Waals surface area contributed by atoms with Gasteiger partial charge in [-0.15, -0.1) is 11.3 Å². The van der Waals surface area contributed by atoms with Gasteiger partial charge in [-0.2, -0.15) is 10.2 Å². The summed E-state index contributed by atoms with van der Waals surface area (Å²) in [7, 11) is 0. The predicted molar refractivity (Wildman–Crippen MR) is 100 cm³/mol. The third kappa shape index (κ3) is 2.97. The second kappa shape index (κ2) is 6.89. The van der Waals surface area contributed by atoms with E-state index in [1.54, 1.807) is 32.9 Å². The highest BCUT2D eigenvalue weighted by atomic mass is 35.5. The van der Waals surface area contributed by atoms with Crippen LogP contribution in [0.15, 0.2) is 42.2 Å². The van der Waals surface area contributed by atoms with E-state index in [-0.39, 0.29) is 12.5 Å². The van der Waals surface area contributed by atoms with Crippen LogP contribution in [0, 0.1) is 0 Å². The molecule has 9 heteroatoms. The van der Waals surface area contributed by atoms with Crippen LogP contribution >= 0.6 is 22.9 Å². The lowest BCUT2D eigenvalue weighted by Gasteiger charge is -2.04. The number of fused-ring (bicyclic) bond motifs is 1. The first-order valence-corrected chi connectivity index (χ1v) is 9.29. The second-order valence-electron chi connectivity index (χ2n) is 5.56. The summed E-state index contributed by atoms with van der Waals surface area (Å²) in [5.74, 6) is -0.266. The lowest BCUT2D eigenvalue weighted by molar-refractivity contribution is 0.0952. The Morgan fingerprint density at radius 2 is 2.27 bits per heavy atom. The number of hydrogen-bond donors (Lipinski definition) is 1. The molecule has 0 aliphatic rings. The average molecular weight is 387 g/mol. The standard InChI is InChI=1S/C17H15ClN6OS/c1-2-23-10-12(18)13(22-23)9-20-17(25)11-8-21-24-14(5-6-19-16(11)24)15-4-3-7-26-15/h3-8,10H,2,9H2,1H3,(H,20,25). The van der Waals surface area contributed by atoms with Gasteiger partial charge in [0.15, 0.2) is 5.65 Å². The number of carbonyl (C=O) groups excluding carboxylic acids is 1. The SMILES string of the molecule is CCn1cc(Cl)c(CNC(=O)c2cnn3c(-c4cccs4)ccnc23)n1. The Hall–Kier alpha value is -2.71. The van der Waals surface area contributed by atoms with E-state index >= 15 is 0 Å². The van der Waals surface area contributed by atoms with Gasteiger partial charge in [-0.3, -0.25) is 9.48 Å². The molecular formula is C17H15ClN6OS. The van der Waals surface area contributed by atoms with E-state index < -0.39 is 0 Å². The van der Waals surface area contributed by atoms with Gasteiger partial charge in [0.1, 0.15) is 11.3 Å². The van der Waals surface area contributed by atoms with Crippen LogP contribution in [0.2, 0.25) is 5.02 Å². The van der Waals surface area contributed by atoms with Crippen molar-refractivity contribution in [2.75, 3.05) is 0 Å². The van der Waals surface area contributed by atoms with Crippen molar-refractivity contribution in [1.82, 2.24) is 29.7 Å². The highest BCUT2D eigenvalue weighted by Crippen LogP contribution is 2.25. The summed E-state index contributed by atoms with van der Waals surface area (Å²) in [6, 6.07) is 5.86. The average Bonchev–Trinajstić information content (AvgIpc) is 3.38. The Bertz CT molecular complexity index is 1070. The number of nitrogens with zero attached hydrogens (tertiary/aromatic N) is 5. The van der Waals surface area contributed by atoms with Crippen molar-refractivity contribution >= 4 is 34.5 Å². The van der Waals surface area contributed by atoms with Gasteiger partial charge in [0.25, 0.3) is 5.91 Å². The van der Waals surface area contributed by atoms with Gasteiger partial charge in [0, 0.05) is 18.9 Å². The third-order valence-corrected chi connectivity index (χ3v) is 5.16. The molecule has 4 aromatic heterocycles. The fourth-order valence-corrected chi connectivity index (χ4v) is 3.59. The number of rotatable bonds is 5. The minimum Gasteiger partial charge on any atom is -0.346 e. The molecule has 0 aliphatic carbocycles. The van der Waals surface area contributed by atoms with Gasteiger partial charge in [-0.25, -0.2) is 9.50 Å². The van der Waals surface area contributed by atoms with Crippen molar-refractivity contribution in [3.8, 4) is 10.6 Å². The summed E-state index contributed by atoms with van der Waals surface area (Å²) in [6.45, 7) is 2.94. The molecule has 0 aromatic carbocycles. The molecular weight excluding hydrogens is 372 g/mol. The summed E-state index contributed by atoms with van der Waals surface area (Å²) in [4.78, 5) is 18.0. The summed E-state index contributed by atoms with van der Waals surface area (Å²) in [5.41, 5.74) is 2.45. The molecule has 0 saturated heterocycles. The fraction of sp³-hybridized carbons (Fsp3) is 0.176. The lowest BCUT2D eigenvalue weighted by atomic mass is 10.3. The topological polar surface area (TPSA) is 77.1 Å². The molecule has 4 rings (SSSR count). The minimum absolute atomic E-state index is 0.243. The van der Waals surface area contributed by atoms with Crippen LogP contribution in [0.4, 0.5) is 0 Å². The molecule has 4 aromatic rings. The van der Waals surface area contributed by atoms with Crippen LogP contribution in [-0.2, 0) is 13.1 Å². The maximum Gasteiger partial charge on any atom is 0.257 e. The molecule has 26 heavy (non-hydrogen) atoms. The zero-order valence-corrected chi connectivity index (χ0v) is 15.5. The van der Waals surface area contributed by atoms with E-state index in [4.69, 9.17) is 11.6 Å². The quantitative estimate of drug-likeness (QED) is 0.571. The number of carbonyl (C=O) groups is 1. The first-order valence-electron chi connectivity index (χ1n) is 8.04. The zero-order chi connectivity index (χ0) is 18.1. The van der Waals surface area contributed by atoms with Crippen LogP contribution in [0.5, 0.6) is 0 Å². The monoisotopic (exact) mass is 386 g/mol. The molecule has 0 fully saturated rings. The number of aryl methyl sites for hydroxylation is 1. The first kappa shape index (κ1) is 16.7. The Balaban J connectivity index is 1.59. The Kier molecular flexibility index (Phi) is 4.44. The summed E-state index contributed by atoms with van der Waals surface area (Å²) >= 11 is 7.75. The van der Waals surface area contributed by atoms with Gasteiger partial charge in [-0.05, 0) is 24.4 Å². The van der Waals surface area contributed by atoms with Crippen LogP contribution < -0.4 is 5.32 Å². The number of hydrogen-bond acceptors (Lipinski definition) is 5. The summed E-state index contributed by atoms with van der Waals surface area (Å²) < 4.78 is 3.41. The third-order valence-electron chi connectivity index (χ3n) is 3.95. The van der Waals surface area contributed by atoms with E-state index in [0.717, 1.165) is 17.1 Å². The summed E-state index contributed by atoms with van der Waals surface area (Å²) in [5, 5.41) is 14.0. The Morgan fingerprint density at radius 1 is 1.38 bits per heavy atom. The van der Waals surface area contributed by atoms with Crippen molar-refractivity contribution in [3.63, 3.8) is 0 Å². The molecule has 0 radical (unpaired) electrons. The molecule has 0 bridgehead atoms. The van der Waals surface area contributed by atoms with Gasteiger partial charge >= 0.3 is 0 Å². The van der Waals surface area contributed by atoms with Crippen LogP contribution in [0.3, 0.4) is 0 Å². The van der Waals surface area contributed by atoms with Crippen LogP contribution in [0.1, 0.15) is 23.0 Å². The van der Waals surface area contributed by atoms with E-state index in [0.29, 0.717) is 21.9 Å². The van der Waals surface area contributed by atoms with Crippen molar-refractivity contribution in [1.29, 1.82) is 0 Å². The van der Waals surface area contributed by atoms with Crippen LogP contribution in [-0.4, -0.2) is 30.3 Å². The number of nitrogens with one attached hydrogen (secondary N) is 1. The van der Waals surface area contributed by atoms with E-state index in [2.05, 4.69) is 20.5 Å². The largest absolute Gasteiger partial charge is 0.346 e. The number of aromatic nitrogens is 5. The molecule has 132 valence electrons. The molecule has 4 heterocycles. The first-order chi connectivity index (χ1) is 12.7. The summed E-state index contributed by atoms with van der Waals surface area (Å²) in [6.07, 6.45) is 4.96. The van der Waals surface area contributed by atoms with E-state index in [1.165, 1.54) is 6.20 Å². The fourth-order valence-electron chi connectivity index (χ4n) is 2.64. The second-order valence-corrected chi connectivity index (χ2v) is 6.92. The predicted octanol–water partition coefficient (Wildman–Crippen LogP) is 3.26. The lowest BCUT2D eigenvalue weighted by Crippen LogP contribution is -2.23. The van der Waals surface area contributed by atoms with Crippen molar-refractivity contribution in [2.24, 2.45) is 0 Å². The zero-order valence-electron chi connectivity index (χ0n) is 13.9. The van der Waals surface area contributed by atoms with Gasteiger partial charge < -0.3 is 5.32 Å². The number of amides is 1. The maximum absolute atomic E-state index is 12.6. The molecule has 0 unspecified atom stereocenters. The number of thiophene rings is 1. The van der Waals surface area contributed by atoms with E-state index in [1.807, 2.05) is 30.5 Å². The smallest absolute Gasteiger partial charge is 0.257 e. The van der Waals surface area contributed by atoms with E-state index in [9.17, 15) is 4.79 Å². The van der Waals surface area contributed by atoms with Gasteiger partial charge in [-0.1, -0.05) is 17.7 Å². The molecule has 0 aliphatic heterocycles. The van der Waals surface area contributed by atoms with Crippen molar-refractivity contribution < 1.29 is 4.79 Å². The van der Waals surface area contributed by atoms with Crippen molar-refractivity contribution in [3.05, 3.63) is 58.4 Å². The highest BCUT2D eigenvalue weighted by Gasteiger charge is 2.17. The molecule has 0 spiro atoms. The van der Waals surface area contributed by atoms with Gasteiger partial charge in [0.2, 0.25) is 0 Å². The molecule has 1 amide bonds. The number of halogens is 1. The Labute approximate surface area is 158 Å². The van der Waals surface area contributed by atoms with Gasteiger partial charge in [0.05, 0.1) is 28.3 Å². The maximum atomic E-state index is 12.6. The molecule has 7 nitrogen and oxygen atoms in total. The molecule has 0 saturated carbocycles.